The molecule has 0 amide bonds. The molecule has 2 aromatic carbocycles. The van der Waals surface area contributed by atoms with Gasteiger partial charge in [-0.05, 0) is 48.4 Å². The molecule has 0 saturated heterocycles. The van der Waals surface area contributed by atoms with Gasteiger partial charge >= 0.3 is 0 Å². The topological polar surface area (TPSA) is 49.5 Å². The summed E-state index contributed by atoms with van der Waals surface area (Å²) in [5.41, 5.74) is 7.37. The highest BCUT2D eigenvalue weighted by molar-refractivity contribution is 5.48. The van der Waals surface area contributed by atoms with E-state index in [0.717, 1.165) is 11.8 Å². The number of anilines is 1. The van der Waals surface area contributed by atoms with Crippen LogP contribution in [-0.2, 0) is 0 Å². The summed E-state index contributed by atoms with van der Waals surface area (Å²) in [4.78, 5) is 1.97. The number of nitrogens with two attached hydrogens (primary N) is 1. The smallest absolute Gasteiger partial charge is 0.126 e. The minimum atomic E-state index is -0.618. The van der Waals surface area contributed by atoms with E-state index in [4.69, 9.17) is 5.73 Å². The first-order valence-corrected chi connectivity index (χ1v) is 6.67. The molecule has 0 fully saturated rings. The number of aromatic hydroxyl groups is 1. The number of nitrogens with zero attached hydrogens (tertiary/aromatic N) is 1. The highest BCUT2D eigenvalue weighted by Gasteiger charge is 2.11. The molecular weight excluding hydrogens is 274 g/mol. The largest absolute Gasteiger partial charge is 0.508 e. The Hall–Kier alpha value is -2.14. The zero-order chi connectivity index (χ0) is 15.4. The third kappa shape index (κ3) is 4.16. The number of phenolic OH excluding ortho intramolecular Hbond substituents is 1. The first kappa shape index (κ1) is 15.3. The van der Waals surface area contributed by atoms with Gasteiger partial charge in [-0.1, -0.05) is 0 Å². The molecule has 0 aliphatic heterocycles. The van der Waals surface area contributed by atoms with E-state index in [2.05, 4.69) is 0 Å². The molecule has 21 heavy (non-hydrogen) atoms. The second kappa shape index (κ2) is 6.54. The summed E-state index contributed by atoms with van der Waals surface area (Å²) in [7, 11) is 1.89. The van der Waals surface area contributed by atoms with Crippen LogP contribution in [0, 0.1) is 11.6 Å². The zero-order valence-corrected chi connectivity index (χ0v) is 11.8. The van der Waals surface area contributed by atoms with Gasteiger partial charge in [0, 0.05) is 31.4 Å². The molecule has 0 heterocycles. The molecule has 0 bridgehead atoms. The average Bonchev–Trinajstić information content (AvgIpc) is 2.44. The first-order chi connectivity index (χ1) is 9.95. The lowest BCUT2D eigenvalue weighted by Gasteiger charge is -2.21. The number of halogens is 2. The van der Waals surface area contributed by atoms with Crippen molar-refractivity contribution in [2.45, 2.75) is 12.5 Å². The monoisotopic (exact) mass is 292 g/mol. The van der Waals surface area contributed by atoms with Crippen LogP contribution in [0.2, 0.25) is 0 Å². The fraction of sp³-hybridized carbons (Fsp3) is 0.250. The van der Waals surface area contributed by atoms with E-state index < -0.39 is 17.7 Å². The quantitative estimate of drug-likeness (QED) is 0.889. The van der Waals surface area contributed by atoms with Crippen molar-refractivity contribution in [2.75, 3.05) is 18.5 Å². The molecule has 3 N–H and O–H groups in total. The molecule has 1 unspecified atom stereocenters. The van der Waals surface area contributed by atoms with Gasteiger partial charge in [-0.15, -0.1) is 0 Å². The van der Waals surface area contributed by atoms with Gasteiger partial charge in [0.2, 0.25) is 0 Å². The van der Waals surface area contributed by atoms with Crippen molar-refractivity contribution in [1.82, 2.24) is 0 Å². The first-order valence-electron chi connectivity index (χ1n) is 6.67. The van der Waals surface area contributed by atoms with E-state index in [1.54, 1.807) is 24.3 Å². The third-order valence-corrected chi connectivity index (χ3v) is 3.38. The number of phenols is 1. The van der Waals surface area contributed by atoms with Gasteiger partial charge < -0.3 is 15.7 Å². The molecule has 5 heteroatoms. The van der Waals surface area contributed by atoms with Crippen LogP contribution in [-0.4, -0.2) is 18.7 Å². The maximum Gasteiger partial charge on any atom is 0.126 e. The van der Waals surface area contributed by atoms with Gasteiger partial charge in [-0.3, -0.25) is 0 Å². The number of rotatable bonds is 5. The number of hydrogen-bond donors (Lipinski definition) is 2. The standard InChI is InChI=1S/C16H18F2N2O/c1-20(14-2-4-15(21)5-3-14)7-6-16(19)11-8-12(17)10-13(18)9-11/h2-5,8-10,16,21H,6-7,19H2,1H3. The summed E-state index contributed by atoms with van der Waals surface area (Å²) in [5, 5.41) is 9.25. The fourth-order valence-electron chi connectivity index (χ4n) is 2.12. The van der Waals surface area contributed by atoms with Crippen LogP contribution in [0.15, 0.2) is 42.5 Å². The zero-order valence-electron chi connectivity index (χ0n) is 11.8. The molecule has 0 saturated carbocycles. The van der Waals surface area contributed by atoms with Crippen molar-refractivity contribution < 1.29 is 13.9 Å². The maximum absolute atomic E-state index is 13.2. The van der Waals surface area contributed by atoms with E-state index in [0.29, 0.717) is 18.5 Å². The maximum atomic E-state index is 13.2. The second-order valence-corrected chi connectivity index (χ2v) is 5.04. The number of hydrogen-bond acceptors (Lipinski definition) is 3. The highest BCUT2D eigenvalue weighted by Crippen LogP contribution is 2.20. The summed E-state index contributed by atoms with van der Waals surface area (Å²) in [6.45, 7) is 0.629. The molecule has 1 atom stereocenters. The van der Waals surface area contributed by atoms with E-state index in [1.807, 2.05) is 11.9 Å². The summed E-state index contributed by atoms with van der Waals surface area (Å²) in [5.74, 6) is -1.03. The Morgan fingerprint density at radius 2 is 1.67 bits per heavy atom. The summed E-state index contributed by atoms with van der Waals surface area (Å²) in [6, 6.07) is 9.71. The Morgan fingerprint density at radius 1 is 1.10 bits per heavy atom. The van der Waals surface area contributed by atoms with E-state index in [9.17, 15) is 13.9 Å². The van der Waals surface area contributed by atoms with Gasteiger partial charge in [0.15, 0.2) is 0 Å². The van der Waals surface area contributed by atoms with Crippen molar-refractivity contribution in [3.05, 3.63) is 59.7 Å². The minimum Gasteiger partial charge on any atom is -0.508 e. The fourth-order valence-corrected chi connectivity index (χ4v) is 2.12. The Bertz CT molecular complexity index is 581. The van der Waals surface area contributed by atoms with Gasteiger partial charge in [0.05, 0.1) is 0 Å². The van der Waals surface area contributed by atoms with Crippen LogP contribution in [0.1, 0.15) is 18.0 Å². The van der Waals surface area contributed by atoms with Crippen molar-refractivity contribution in [3.8, 4) is 5.75 Å². The summed E-state index contributed by atoms with van der Waals surface area (Å²) in [6.07, 6.45) is 0.556. The average molecular weight is 292 g/mol. The van der Waals surface area contributed by atoms with Crippen molar-refractivity contribution in [2.24, 2.45) is 5.73 Å². The van der Waals surface area contributed by atoms with Crippen molar-refractivity contribution in [1.29, 1.82) is 0 Å². The van der Waals surface area contributed by atoms with Crippen molar-refractivity contribution in [3.63, 3.8) is 0 Å². The van der Waals surface area contributed by atoms with Crippen molar-refractivity contribution >= 4 is 5.69 Å². The third-order valence-electron chi connectivity index (χ3n) is 3.38. The van der Waals surface area contributed by atoms with Gasteiger partial charge in [-0.2, -0.15) is 0 Å². The Labute approximate surface area is 122 Å². The van der Waals surface area contributed by atoms with Crippen LogP contribution in [0.25, 0.3) is 0 Å². The van der Waals surface area contributed by atoms with E-state index in [-0.39, 0.29) is 5.75 Å². The highest BCUT2D eigenvalue weighted by atomic mass is 19.1. The summed E-state index contributed by atoms with van der Waals surface area (Å²) >= 11 is 0. The van der Waals surface area contributed by atoms with E-state index in [1.165, 1.54) is 12.1 Å². The molecule has 0 aliphatic rings. The Balaban J connectivity index is 1.97. The molecule has 0 radical (unpaired) electrons. The lowest BCUT2D eigenvalue weighted by atomic mass is 10.0. The molecule has 0 spiro atoms. The SMILES string of the molecule is CN(CCC(N)c1cc(F)cc(F)c1)c1ccc(O)cc1. The molecule has 2 aromatic rings. The molecule has 2 rings (SSSR count). The molecule has 112 valence electrons. The lowest BCUT2D eigenvalue weighted by Crippen LogP contribution is -2.23. The van der Waals surface area contributed by atoms with Gasteiger partial charge in [0.25, 0.3) is 0 Å². The molecule has 0 aromatic heterocycles. The van der Waals surface area contributed by atoms with Crippen LogP contribution in [0.4, 0.5) is 14.5 Å². The van der Waals surface area contributed by atoms with Crippen LogP contribution < -0.4 is 10.6 Å². The Kier molecular flexibility index (Phi) is 4.75. The Morgan fingerprint density at radius 3 is 2.24 bits per heavy atom. The van der Waals surface area contributed by atoms with Gasteiger partial charge in [-0.25, -0.2) is 8.78 Å². The molecule has 0 aliphatic carbocycles. The predicted octanol–water partition coefficient (Wildman–Crippen LogP) is 3.20. The molecular formula is C16H18F2N2O. The van der Waals surface area contributed by atoms with E-state index >= 15 is 0 Å². The minimum absolute atomic E-state index is 0.207. The van der Waals surface area contributed by atoms with Crippen LogP contribution in [0.3, 0.4) is 0 Å². The van der Waals surface area contributed by atoms with Gasteiger partial charge in [0.1, 0.15) is 17.4 Å². The normalized spacial score (nSPS) is 12.2. The summed E-state index contributed by atoms with van der Waals surface area (Å²) < 4.78 is 26.3. The van der Waals surface area contributed by atoms with Crippen LogP contribution in [0.5, 0.6) is 5.75 Å². The second-order valence-electron chi connectivity index (χ2n) is 5.04. The molecule has 3 nitrogen and oxygen atoms in total. The number of benzene rings is 2. The van der Waals surface area contributed by atoms with Crippen LogP contribution >= 0.6 is 0 Å². The predicted molar refractivity (Wildman–Crippen MR) is 79.3 cm³/mol. The lowest BCUT2D eigenvalue weighted by molar-refractivity contribution is 0.475.